The summed E-state index contributed by atoms with van der Waals surface area (Å²) in [6.07, 6.45) is 4.16. The summed E-state index contributed by atoms with van der Waals surface area (Å²) in [6.45, 7) is 7.96. The molecule has 2 N–H and O–H groups in total. The van der Waals surface area contributed by atoms with Gasteiger partial charge in [-0.05, 0) is 31.5 Å². The number of aromatic nitrogens is 3. The minimum atomic E-state index is -0.691. The van der Waals surface area contributed by atoms with Crippen LogP contribution < -0.4 is 10.6 Å². The Bertz CT molecular complexity index is 949. The summed E-state index contributed by atoms with van der Waals surface area (Å²) in [5.74, 6) is 0.0368. The molecular weight excluding hydrogens is 404 g/mol. The number of hydrogen-bond donors (Lipinski definition) is 2. The highest BCUT2D eigenvalue weighted by atomic mass is 35.5. The molecule has 9 heteroatoms. The lowest BCUT2D eigenvalue weighted by molar-refractivity contribution is -0.124. The number of carbonyl (C=O) groups excluding carboxylic acids is 2. The first-order valence-corrected chi connectivity index (χ1v) is 10.4. The average Bonchev–Trinajstić information content (AvgIpc) is 2.91. The summed E-state index contributed by atoms with van der Waals surface area (Å²) >= 11 is 6.38. The first-order valence-electron chi connectivity index (χ1n) is 10.0. The van der Waals surface area contributed by atoms with Crippen molar-refractivity contribution in [3.8, 4) is 11.4 Å². The van der Waals surface area contributed by atoms with Crippen LogP contribution in [-0.2, 0) is 17.9 Å². The third kappa shape index (κ3) is 4.49. The van der Waals surface area contributed by atoms with Gasteiger partial charge < -0.3 is 20.1 Å². The number of pyridine rings is 1. The van der Waals surface area contributed by atoms with Crippen molar-refractivity contribution in [2.24, 2.45) is 5.41 Å². The van der Waals surface area contributed by atoms with Gasteiger partial charge in [-0.2, -0.15) is 0 Å². The van der Waals surface area contributed by atoms with Crippen LogP contribution in [0.25, 0.3) is 11.4 Å². The van der Waals surface area contributed by atoms with E-state index >= 15 is 0 Å². The molecular formula is C21H29ClN6O2. The van der Waals surface area contributed by atoms with Crippen molar-refractivity contribution >= 4 is 23.4 Å². The van der Waals surface area contributed by atoms with Crippen LogP contribution >= 0.6 is 11.6 Å². The Morgan fingerprint density at radius 1 is 1.27 bits per heavy atom. The molecule has 0 saturated heterocycles. The lowest BCUT2D eigenvalue weighted by Crippen LogP contribution is -2.53. The minimum Gasteiger partial charge on any atom is -0.357 e. The lowest BCUT2D eigenvalue weighted by Gasteiger charge is -2.29. The second-order valence-corrected chi connectivity index (χ2v) is 9.12. The molecule has 0 spiro atoms. The van der Waals surface area contributed by atoms with Gasteiger partial charge in [-0.25, -0.2) is 4.98 Å². The molecule has 1 aliphatic rings. The molecule has 0 fully saturated rings. The molecule has 0 bridgehead atoms. The summed E-state index contributed by atoms with van der Waals surface area (Å²) < 4.78 is 2.06. The maximum absolute atomic E-state index is 13.3. The van der Waals surface area contributed by atoms with Crippen LogP contribution in [0.2, 0.25) is 5.02 Å². The van der Waals surface area contributed by atoms with Crippen molar-refractivity contribution in [3.63, 3.8) is 0 Å². The van der Waals surface area contributed by atoms with Crippen LogP contribution in [0.4, 0.5) is 0 Å². The maximum atomic E-state index is 13.3. The fourth-order valence-corrected chi connectivity index (χ4v) is 3.89. The summed E-state index contributed by atoms with van der Waals surface area (Å²) in [6, 6.07) is 1.11. The molecule has 1 aliphatic heterocycles. The number of fused-ring (bicyclic) bond motifs is 1. The zero-order valence-electron chi connectivity index (χ0n) is 18.1. The van der Waals surface area contributed by atoms with Crippen LogP contribution in [0.1, 0.15) is 43.4 Å². The predicted octanol–water partition coefficient (Wildman–Crippen LogP) is 2.32. The van der Waals surface area contributed by atoms with Gasteiger partial charge in [0.2, 0.25) is 5.91 Å². The van der Waals surface area contributed by atoms with E-state index in [9.17, 15) is 9.59 Å². The Morgan fingerprint density at radius 3 is 2.63 bits per heavy atom. The van der Waals surface area contributed by atoms with Gasteiger partial charge in [0.15, 0.2) is 5.69 Å². The number of imidazole rings is 1. The number of amides is 2. The Balaban J connectivity index is 2.07. The van der Waals surface area contributed by atoms with Gasteiger partial charge in [-0.15, -0.1) is 0 Å². The van der Waals surface area contributed by atoms with Gasteiger partial charge >= 0.3 is 0 Å². The molecule has 2 aromatic heterocycles. The Hall–Kier alpha value is -2.45. The molecule has 8 nitrogen and oxygen atoms in total. The zero-order valence-corrected chi connectivity index (χ0v) is 18.9. The van der Waals surface area contributed by atoms with E-state index in [1.807, 2.05) is 27.8 Å². The monoisotopic (exact) mass is 432 g/mol. The number of carbonyl (C=O) groups is 2. The van der Waals surface area contributed by atoms with Crippen molar-refractivity contribution in [1.29, 1.82) is 0 Å². The number of nitrogens with zero attached hydrogens (tertiary/aromatic N) is 4. The summed E-state index contributed by atoms with van der Waals surface area (Å²) in [4.78, 5) is 36.6. The quantitative estimate of drug-likeness (QED) is 0.773. The molecule has 162 valence electrons. The molecule has 0 radical (unpaired) electrons. The van der Waals surface area contributed by atoms with Gasteiger partial charge in [0, 0.05) is 38.1 Å². The number of rotatable bonds is 4. The predicted molar refractivity (Wildman–Crippen MR) is 116 cm³/mol. The van der Waals surface area contributed by atoms with Gasteiger partial charge in [0.05, 0.1) is 10.7 Å². The van der Waals surface area contributed by atoms with Gasteiger partial charge in [-0.3, -0.25) is 14.6 Å². The van der Waals surface area contributed by atoms with E-state index in [-0.39, 0.29) is 11.8 Å². The highest BCUT2D eigenvalue weighted by molar-refractivity contribution is 6.33. The third-order valence-electron chi connectivity index (χ3n) is 5.29. The van der Waals surface area contributed by atoms with E-state index in [1.54, 1.807) is 25.5 Å². The highest BCUT2D eigenvalue weighted by Gasteiger charge is 2.34. The SMILES string of the molecule is CNC(=O)C(NC(=O)c1nc(-c2ccncc2Cl)n2c1CN(C)CCC2)C(C)(C)C. The van der Waals surface area contributed by atoms with Crippen molar-refractivity contribution in [1.82, 2.24) is 30.1 Å². The third-order valence-corrected chi connectivity index (χ3v) is 5.59. The standard InChI is InChI=1S/C21H29ClN6O2/c1-21(2,3)17(20(30)23-4)26-19(29)16-15-12-27(5)9-6-10-28(15)18(25-16)13-7-8-24-11-14(13)22/h7-8,11,17H,6,9-10,12H2,1-5H3,(H,23,30)(H,26,29). The molecule has 2 aromatic rings. The number of halogens is 1. The summed E-state index contributed by atoms with van der Waals surface area (Å²) in [5, 5.41) is 6.01. The first-order chi connectivity index (χ1) is 14.1. The molecule has 30 heavy (non-hydrogen) atoms. The van der Waals surface area contributed by atoms with Gasteiger partial charge in [0.1, 0.15) is 11.9 Å². The molecule has 0 aliphatic carbocycles. The van der Waals surface area contributed by atoms with E-state index in [2.05, 4.69) is 25.1 Å². The molecule has 3 rings (SSSR count). The van der Waals surface area contributed by atoms with Crippen LogP contribution in [-0.4, -0.2) is 57.9 Å². The van der Waals surface area contributed by atoms with E-state index in [4.69, 9.17) is 16.6 Å². The van der Waals surface area contributed by atoms with Gasteiger partial charge in [0.25, 0.3) is 5.91 Å². The minimum absolute atomic E-state index is 0.240. The Labute approximate surface area is 182 Å². The maximum Gasteiger partial charge on any atom is 0.272 e. The molecule has 3 heterocycles. The number of nitrogens with one attached hydrogen (secondary N) is 2. The average molecular weight is 433 g/mol. The fourth-order valence-electron chi connectivity index (χ4n) is 3.68. The van der Waals surface area contributed by atoms with Crippen molar-refractivity contribution < 1.29 is 9.59 Å². The van der Waals surface area contributed by atoms with E-state index in [1.165, 1.54) is 0 Å². The molecule has 1 unspecified atom stereocenters. The zero-order chi connectivity index (χ0) is 22.1. The molecule has 2 amide bonds. The first kappa shape index (κ1) is 22.2. The smallest absolute Gasteiger partial charge is 0.272 e. The highest BCUT2D eigenvalue weighted by Crippen LogP contribution is 2.30. The summed E-state index contributed by atoms with van der Waals surface area (Å²) in [7, 11) is 3.58. The topological polar surface area (TPSA) is 92.1 Å². The normalized spacial score (nSPS) is 15.8. The van der Waals surface area contributed by atoms with Crippen LogP contribution in [0.5, 0.6) is 0 Å². The second-order valence-electron chi connectivity index (χ2n) is 8.72. The molecule has 0 saturated carbocycles. The fraction of sp³-hybridized carbons (Fsp3) is 0.524. The van der Waals surface area contributed by atoms with Gasteiger partial charge in [-0.1, -0.05) is 32.4 Å². The van der Waals surface area contributed by atoms with Crippen LogP contribution in [0.15, 0.2) is 18.5 Å². The lowest BCUT2D eigenvalue weighted by atomic mass is 9.86. The van der Waals surface area contributed by atoms with Crippen LogP contribution in [0.3, 0.4) is 0 Å². The van der Waals surface area contributed by atoms with E-state index in [0.717, 1.165) is 30.8 Å². The Morgan fingerprint density at radius 2 is 2.00 bits per heavy atom. The molecule has 0 aromatic carbocycles. The van der Waals surface area contributed by atoms with Crippen molar-refractivity contribution in [2.45, 2.75) is 46.3 Å². The number of likely N-dealkylation sites (N-methyl/N-ethyl adjacent to an activating group) is 1. The van der Waals surface area contributed by atoms with E-state index < -0.39 is 11.5 Å². The van der Waals surface area contributed by atoms with Crippen LogP contribution in [0, 0.1) is 5.41 Å². The number of hydrogen-bond acceptors (Lipinski definition) is 5. The van der Waals surface area contributed by atoms with Crippen molar-refractivity contribution in [2.75, 3.05) is 20.6 Å². The second kappa shape index (κ2) is 8.73. The largest absolute Gasteiger partial charge is 0.357 e. The Kier molecular flexibility index (Phi) is 6.47. The van der Waals surface area contributed by atoms with E-state index in [0.29, 0.717) is 23.1 Å². The summed E-state index contributed by atoms with van der Waals surface area (Å²) in [5.41, 5.74) is 1.42. The molecule has 1 atom stereocenters. The van der Waals surface area contributed by atoms with Crippen molar-refractivity contribution in [3.05, 3.63) is 34.9 Å².